The van der Waals surface area contributed by atoms with E-state index >= 15 is 0 Å². The molecule has 0 aliphatic rings. The highest BCUT2D eigenvalue weighted by Gasteiger charge is 2.30. The van der Waals surface area contributed by atoms with Gasteiger partial charge in [-0.15, -0.1) is 0 Å². The molecule has 0 fully saturated rings. The molecule has 0 aliphatic heterocycles. The molecule has 12 heteroatoms. The molecule has 0 spiro atoms. The molecule has 10 nitrogen and oxygen atoms in total. The van der Waals surface area contributed by atoms with Crippen LogP contribution in [0.1, 0.15) is 5.56 Å². The molecule has 0 atom stereocenters. The molecule has 0 radical (unpaired) electrons. The lowest BCUT2D eigenvalue weighted by Crippen LogP contribution is -2.39. The van der Waals surface area contributed by atoms with E-state index in [0.717, 1.165) is 4.31 Å². The number of carbonyl (C=O) groups is 1. The Kier molecular flexibility index (Phi) is 8.50. The van der Waals surface area contributed by atoms with Crippen molar-refractivity contribution in [2.45, 2.75) is 4.90 Å². The van der Waals surface area contributed by atoms with Crippen LogP contribution in [0.5, 0.6) is 17.2 Å². The summed E-state index contributed by atoms with van der Waals surface area (Å²) in [4.78, 5) is 16.6. The van der Waals surface area contributed by atoms with E-state index < -0.39 is 22.5 Å². The third kappa shape index (κ3) is 6.19. The van der Waals surface area contributed by atoms with Crippen LogP contribution < -0.4 is 23.9 Å². The van der Waals surface area contributed by atoms with Gasteiger partial charge in [0.25, 0.3) is 15.9 Å². The molecular formula is C23H23ClN4O6S. The Hall–Kier alpha value is -3.83. The van der Waals surface area contributed by atoms with E-state index in [4.69, 9.17) is 25.8 Å². The maximum absolute atomic E-state index is 13.7. The second-order valence-electron chi connectivity index (χ2n) is 6.92. The minimum atomic E-state index is -4.30. The summed E-state index contributed by atoms with van der Waals surface area (Å²) in [6, 6.07) is 12.0. The minimum absolute atomic E-state index is 0.0705. The van der Waals surface area contributed by atoms with Gasteiger partial charge in [-0.3, -0.25) is 14.1 Å². The molecule has 3 aromatic rings. The van der Waals surface area contributed by atoms with Gasteiger partial charge in [-0.1, -0.05) is 17.7 Å². The first kappa shape index (κ1) is 25.8. The van der Waals surface area contributed by atoms with E-state index in [2.05, 4.69) is 15.5 Å². The Labute approximate surface area is 208 Å². The molecule has 1 aromatic heterocycles. The van der Waals surface area contributed by atoms with Gasteiger partial charge in [0.1, 0.15) is 12.3 Å². The monoisotopic (exact) mass is 518 g/mol. The third-order valence-corrected chi connectivity index (χ3v) is 6.72. The van der Waals surface area contributed by atoms with Crippen LogP contribution in [-0.4, -0.2) is 53.4 Å². The first-order chi connectivity index (χ1) is 16.8. The van der Waals surface area contributed by atoms with Crippen molar-refractivity contribution in [1.82, 2.24) is 10.4 Å². The number of sulfonamides is 1. The van der Waals surface area contributed by atoms with Gasteiger partial charge in [0.15, 0.2) is 11.5 Å². The second-order valence-corrected chi connectivity index (χ2v) is 9.22. The number of hydrogen-bond donors (Lipinski definition) is 1. The molecule has 0 saturated heterocycles. The van der Waals surface area contributed by atoms with Gasteiger partial charge in [0.05, 0.1) is 38.1 Å². The maximum atomic E-state index is 13.7. The number of nitrogens with one attached hydrogen (secondary N) is 1. The van der Waals surface area contributed by atoms with Crippen molar-refractivity contribution in [2.75, 3.05) is 32.2 Å². The number of halogens is 1. The highest BCUT2D eigenvalue weighted by atomic mass is 35.5. The number of methoxy groups -OCH3 is 3. The smallest absolute Gasteiger partial charge is 0.265 e. The van der Waals surface area contributed by atoms with Crippen molar-refractivity contribution in [3.63, 3.8) is 0 Å². The van der Waals surface area contributed by atoms with E-state index in [1.807, 2.05) is 0 Å². The molecule has 0 unspecified atom stereocenters. The predicted molar refractivity (Wildman–Crippen MR) is 132 cm³/mol. The third-order valence-electron chi connectivity index (χ3n) is 4.73. The number of pyridine rings is 1. The summed E-state index contributed by atoms with van der Waals surface area (Å²) in [5, 5.41) is 4.13. The first-order valence-electron chi connectivity index (χ1n) is 10.1. The average molecular weight is 519 g/mol. The summed E-state index contributed by atoms with van der Waals surface area (Å²) in [7, 11) is -0.0911. The van der Waals surface area contributed by atoms with E-state index in [1.165, 1.54) is 57.9 Å². The molecule has 1 N–H and O–H groups in total. The van der Waals surface area contributed by atoms with Gasteiger partial charge in [0.2, 0.25) is 0 Å². The number of benzene rings is 2. The number of carbonyl (C=O) groups excluding carboxylic acids is 1. The largest absolute Gasteiger partial charge is 0.495 e. The van der Waals surface area contributed by atoms with E-state index in [-0.39, 0.29) is 27.1 Å². The number of aromatic nitrogens is 1. The summed E-state index contributed by atoms with van der Waals surface area (Å²) in [6.45, 7) is -0.613. The van der Waals surface area contributed by atoms with Gasteiger partial charge in [-0.25, -0.2) is 13.8 Å². The van der Waals surface area contributed by atoms with Crippen molar-refractivity contribution < 1.29 is 27.4 Å². The highest BCUT2D eigenvalue weighted by molar-refractivity contribution is 7.92. The van der Waals surface area contributed by atoms with Gasteiger partial charge in [-0.2, -0.15) is 5.10 Å². The Balaban J connectivity index is 1.99. The van der Waals surface area contributed by atoms with Crippen LogP contribution in [0.25, 0.3) is 0 Å². The van der Waals surface area contributed by atoms with Crippen LogP contribution in [0, 0.1) is 0 Å². The van der Waals surface area contributed by atoms with Crippen LogP contribution in [0.15, 0.2) is 70.9 Å². The van der Waals surface area contributed by atoms with Gasteiger partial charge in [0, 0.05) is 29.0 Å². The van der Waals surface area contributed by atoms with Crippen LogP contribution in [0.2, 0.25) is 5.02 Å². The SMILES string of the molecule is COc1ccc(S(=O)(=O)N(CC(=O)N/N=C\c2cccnc2)c2cc(Cl)ccc2OC)cc1OC. The zero-order chi connectivity index (χ0) is 25.4. The molecule has 184 valence electrons. The Bertz CT molecular complexity index is 1320. The summed E-state index contributed by atoms with van der Waals surface area (Å²) < 4.78 is 44.1. The van der Waals surface area contributed by atoms with Crippen LogP contribution in [-0.2, 0) is 14.8 Å². The standard InChI is InChI=1S/C23H23ClN4O6S/c1-32-20-8-6-17(24)11-19(20)28(15-23(29)27-26-14-16-5-4-10-25-13-16)35(30,31)18-7-9-21(33-2)22(12-18)34-3/h4-14H,15H2,1-3H3,(H,27,29)/b26-14-. The lowest BCUT2D eigenvalue weighted by atomic mass is 10.3. The fourth-order valence-corrected chi connectivity index (χ4v) is 4.66. The molecular weight excluding hydrogens is 496 g/mol. The molecule has 35 heavy (non-hydrogen) atoms. The van der Waals surface area contributed by atoms with E-state index in [1.54, 1.807) is 30.6 Å². The Morgan fingerprint density at radius 1 is 1.06 bits per heavy atom. The summed E-state index contributed by atoms with van der Waals surface area (Å²) >= 11 is 6.15. The number of ether oxygens (including phenoxy) is 3. The summed E-state index contributed by atoms with van der Waals surface area (Å²) in [5.74, 6) is 0.0549. The lowest BCUT2D eigenvalue weighted by Gasteiger charge is -2.25. The van der Waals surface area contributed by atoms with Crippen molar-refractivity contribution in [1.29, 1.82) is 0 Å². The number of anilines is 1. The zero-order valence-electron chi connectivity index (χ0n) is 19.1. The van der Waals surface area contributed by atoms with Crippen molar-refractivity contribution >= 4 is 39.4 Å². The quantitative estimate of drug-likeness (QED) is 0.323. The number of hydrogen-bond acceptors (Lipinski definition) is 8. The average Bonchev–Trinajstić information content (AvgIpc) is 2.87. The normalized spacial score (nSPS) is 11.2. The Morgan fingerprint density at radius 3 is 2.43 bits per heavy atom. The lowest BCUT2D eigenvalue weighted by molar-refractivity contribution is -0.119. The topological polar surface area (TPSA) is 119 Å². The maximum Gasteiger partial charge on any atom is 0.265 e. The van der Waals surface area contributed by atoms with Crippen molar-refractivity contribution in [3.05, 3.63) is 71.5 Å². The van der Waals surface area contributed by atoms with Gasteiger partial charge < -0.3 is 14.2 Å². The van der Waals surface area contributed by atoms with Crippen molar-refractivity contribution in [3.8, 4) is 17.2 Å². The summed E-state index contributed by atoms with van der Waals surface area (Å²) in [6.07, 6.45) is 4.55. The van der Waals surface area contributed by atoms with Gasteiger partial charge >= 0.3 is 0 Å². The zero-order valence-corrected chi connectivity index (χ0v) is 20.7. The molecule has 3 rings (SSSR count). The van der Waals surface area contributed by atoms with Crippen LogP contribution in [0.3, 0.4) is 0 Å². The summed E-state index contributed by atoms with van der Waals surface area (Å²) in [5.41, 5.74) is 3.05. The number of rotatable bonds is 10. The number of amides is 1. The van der Waals surface area contributed by atoms with Gasteiger partial charge in [-0.05, 0) is 36.4 Å². The van der Waals surface area contributed by atoms with E-state index in [0.29, 0.717) is 11.3 Å². The molecule has 2 aromatic carbocycles. The predicted octanol–water partition coefficient (Wildman–Crippen LogP) is 3.11. The molecule has 0 aliphatic carbocycles. The second kappa shape index (κ2) is 11.5. The minimum Gasteiger partial charge on any atom is -0.495 e. The molecule has 1 heterocycles. The fourth-order valence-electron chi connectivity index (χ4n) is 3.06. The Morgan fingerprint density at radius 2 is 1.77 bits per heavy atom. The molecule has 1 amide bonds. The van der Waals surface area contributed by atoms with Crippen LogP contribution in [0.4, 0.5) is 5.69 Å². The molecule has 0 bridgehead atoms. The number of hydrazone groups is 1. The fraction of sp³-hybridized carbons (Fsp3) is 0.174. The van der Waals surface area contributed by atoms with Crippen LogP contribution >= 0.6 is 11.6 Å². The highest BCUT2D eigenvalue weighted by Crippen LogP contribution is 2.36. The first-order valence-corrected chi connectivity index (χ1v) is 11.9. The molecule has 0 saturated carbocycles. The van der Waals surface area contributed by atoms with E-state index in [9.17, 15) is 13.2 Å². The number of nitrogens with zero attached hydrogens (tertiary/aromatic N) is 3. The van der Waals surface area contributed by atoms with Crippen molar-refractivity contribution in [2.24, 2.45) is 5.10 Å².